The van der Waals surface area contributed by atoms with Gasteiger partial charge in [-0.25, -0.2) is 9.18 Å². The van der Waals surface area contributed by atoms with E-state index in [-0.39, 0.29) is 23.2 Å². The third-order valence-corrected chi connectivity index (χ3v) is 3.94. The molecule has 0 aliphatic heterocycles. The summed E-state index contributed by atoms with van der Waals surface area (Å²) in [5.41, 5.74) is 1.94. The molecule has 0 heterocycles. The van der Waals surface area contributed by atoms with Crippen molar-refractivity contribution in [3.8, 4) is 5.75 Å². The van der Waals surface area contributed by atoms with E-state index in [9.17, 15) is 14.0 Å². The second-order valence-electron chi connectivity index (χ2n) is 6.32. The Morgan fingerprint density at radius 3 is 2.56 bits per heavy atom. The summed E-state index contributed by atoms with van der Waals surface area (Å²) < 4.78 is 24.0. The Balaban J connectivity index is 1.84. The van der Waals surface area contributed by atoms with Crippen molar-refractivity contribution in [2.24, 2.45) is 0 Å². The number of benzene rings is 2. The van der Waals surface area contributed by atoms with E-state index in [0.717, 1.165) is 17.2 Å². The van der Waals surface area contributed by atoms with Crippen LogP contribution in [0.3, 0.4) is 0 Å². The molecule has 5 nitrogen and oxygen atoms in total. The monoisotopic (exact) mass is 393 g/mol. The predicted molar refractivity (Wildman–Crippen MR) is 102 cm³/mol. The van der Waals surface area contributed by atoms with Gasteiger partial charge in [0.1, 0.15) is 11.6 Å². The molecule has 0 aliphatic rings. The number of aryl methyl sites for hydroxylation is 1. The fourth-order valence-corrected chi connectivity index (χ4v) is 2.50. The number of anilines is 1. The molecule has 0 aromatic heterocycles. The molecule has 0 spiro atoms. The average molecular weight is 394 g/mol. The zero-order chi connectivity index (χ0) is 20.0. The number of hydrogen-bond acceptors (Lipinski definition) is 4. The molecule has 2 aromatic carbocycles. The van der Waals surface area contributed by atoms with Crippen LogP contribution in [0.5, 0.6) is 5.75 Å². The highest BCUT2D eigenvalue weighted by molar-refractivity contribution is 6.30. The third kappa shape index (κ3) is 6.25. The smallest absolute Gasteiger partial charge is 0.344 e. The average Bonchev–Trinajstić information content (AvgIpc) is 2.60. The summed E-state index contributed by atoms with van der Waals surface area (Å²) in [6, 6.07) is 9.61. The summed E-state index contributed by atoms with van der Waals surface area (Å²) in [5, 5.41) is 2.52. The molecule has 27 heavy (non-hydrogen) atoms. The van der Waals surface area contributed by atoms with Crippen molar-refractivity contribution in [3.63, 3.8) is 0 Å². The number of carbonyl (C=O) groups excluding carboxylic acids is 2. The standard InChI is InChI=1S/C20H21ClFNO4/c1-12(2)15-6-4-13(3)8-18(15)26-11-20(25)27-10-19(24)23-17-7-5-14(21)9-16(17)22/h4-9,12H,10-11H2,1-3H3,(H,23,24). The summed E-state index contributed by atoms with van der Waals surface area (Å²) in [7, 11) is 0. The molecule has 0 atom stereocenters. The van der Waals surface area contributed by atoms with E-state index < -0.39 is 24.3 Å². The maximum atomic E-state index is 13.6. The number of halogens is 2. The SMILES string of the molecule is Cc1ccc(C(C)C)c(OCC(=O)OCC(=O)Nc2ccc(Cl)cc2F)c1. The van der Waals surface area contributed by atoms with E-state index >= 15 is 0 Å². The first-order chi connectivity index (χ1) is 12.8. The van der Waals surface area contributed by atoms with Crippen molar-refractivity contribution in [2.75, 3.05) is 18.5 Å². The molecular formula is C20H21ClFNO4. The van der Waals surface area contributed by atoms with Crippen LogP contribution in [0.1, 0.15) is 30.9 Å². The lowest BCUT2D eigenvalue weighted by atomic mass is 10.0. The molecule has 0 saturated carbocycles. The van der Waals surface area contributed by atoms with E-state index in [4.69, 9.17) is 21.1 Å². The Kier molecular flexibility index (Phi) is 7.19. The lowest BCUT2D eigenvalue weighted by molar-refractivity contribution is -0.149. The van der Waals surface area contributed by atoms with Crippen molar-refractivity contribution >= 4 is 29.2 Å². The van der Waals surface area contributed by atoms with Crippen LogP contribution in [0.4, 0.5) is 10.1 Å². The lowest BCUT2D eigenvalue weighted by Gasteiger charge is -2.14. The van der Waals surface area contributed by atoms with Gasteiger partial charge < -0.3 is 14.8 Å². The van der Waals surface area contributed by atoms with Crippen molar-refractivity contribution in [1.29, 1.82) is 0 Å². The largest absolute Gasteiger partial charge is 0.482 e. The van der Waals surface area contributed by atoms with Gasteiger partial charge in [0.05, 0.1) is 5.69 Å². The molecule has 0 aliphatic carbocycles. The van der Waals surface area contributed by atoms with Gasteiger partial charge in [-0.1, -0.05) is 37.6 Å². The van der Waals surface area contributed by atoms with Crippen molar-refractivity contribution in [2.45, 2.75) is 26.7 Å². The van der Waals surface area contributed by atoms with Gasteiger partial charge >= 0.3 is 5.97 Å². The van der Waals surface area contributed by atoms with E-state index in [0.29, 0.717) is 5.75 Å². The summed E-state index contributed by atoms with van der Waals surface area (Å²) in [6.07, 6.45) is 0. The van der Waals surface area contributed by atoms with Crippen LogP contribution in [-0.2, 0) is 14.3 Å². The number of ether oxygens (including phenoxy) is 2. The highest BCUT2D eigenvalue weighted by atomic mass is 35.5. The van der Waals surface area contributed by atoms with Gasteiger partial charge in [-0.2, -0.15) is 0 Å². The van der Waals surface area contributed by atoms with E-state index in [1.165, 1.54) is 12.1 Å². The number of carbonyl (C=O) groups is 2. The molecule has 7 heteroatoms. The number of amides is 1. The van der Waals surface area contributed by atoms with Crippen molar-refractivity contribution in [1.82, 2.24) is 0 Å². The van der Waals surface area contributed by atoms with Crippen molar-refractivity contribution < 1.29 is 23.5 Å². The number of esters is 1. The van der Waals surface area contributed by atoms with Crippen molar-refractivity contribution in [3.05, 3.63) is 58.4 Å². The van der Waals surface area contributed by atoms with E-state index in [2.05, 4.69) is 5.32 Å². The first-order valence-corrected chi connectivity index (χ1v) is 8.78. The maximum Gasteiger partial charge on any atom is 0.344 e. The molecule has 0 unspecified atom stereocenters. The van der Waals surface area contributed by atoms with E-state index in [1.54, 1.807) is 0 Å². The molecule has 0 saturated heterocycles. The van der Waals surface area contributed by atoms with Crippen LogP contribution >= 0.6 is 11.6 Å². The summed E-state index contributed by atoms with van der Waals surface area (Å²) >= 11 is 5.65. The minimum atomic E-state index is -0.696. The van der Waals surface area contributed by atoms with Crippen LogP contribution in [-0.4, -0.2) is 25.1 Å². The maximum absolute atomic E-state index is 13.6. The fourth-order valence-electron chi connectivity index (χ4n) is 2.35. The Morgan fingerprint density at radius 1 is 1.15 bits per heavy atom. The lowest BCUT2D eigenvalue weighted by Crippen LogP contribution is -2.24. The predicted octanol–water partition coefficient (Wildman–Crippen LogP) is 4.47. The summed E-state index contributed by atoms with van der Waals surface area (Å²) in [6.45, 7) is 5.10. The Hall–Kier alpha value is -2.60. The first kappa shape index (κ1) is 20.7. The summed E-state index contributed by atoms with van der Waals surface area (Å²) in [4.78, 5) is 23.6. The Bertz CT molecular complexity index is 839. The minimum absolute atomic E-state index is 0.0435. The molecule has 0 bridgehead atoms. The van der Waals surface area contributed by atoms with Gasteiger partial charge in [-0.15, -0.1) is 0 Å². The normalized spacial score (nSPS) is 10.6. The quantitative estimate of drug-likeness (QED) is 0.705. The Morgan fingerprint density at radius 2 is 1.89 bits per heavy atom. The van der Waals surface area contributed by atoms with Gasteiger partial charge in [-0.3, -0.25) is 4.79 Å². The van der Waals surface area contributed by atoms with Crippen LogP contribution in [0.25, 0.3) is 0 Å². The Labute approximate surface area is 162 Å². The molecule has 144 valence electrons. The number of nitrogens with one attached hydrogen (secondary N) is 1. The van der Waals surface area contributed by atoms with E-state index in [1.807, 2.05) is 39.0 Å². The van der Waals surface area contributed by atoms with Gasteiger partial charge in [0.25, 0.3) is 5.91 Å². The highest BCUT2D eigenvalue weighted by Crippen LogP contribution is 2.27. The van der Waals surface area contributed by atoms with Crippen LogP contribution in [0.15, 0.2) is 36.4 Å². The van der Waals surface area contributed by atoms with Gasteiger partial charge in [0.15, 0.2) is 13.2 Å². The molecule has 1 amide bonds. The van der Waals surface area contributed by atoms with Crippen LogP contribution in [0.2, 0.25) is 5.02 Å². The fraction of sp³-hybridized carbons (Fsp3) is 0.300. The third-order valence-electron chi connectivity index (χ3n) is 3.71. The van der Waals surface area contributed by atoms with Gasteiger partial charge in [0.2, 0.25) is 0 Å². The summed E-state index contributed by atoms with van der Waals surface area (Å²) in [5.74, 6) is -1.20. The first-order valence-electron chi connectivity index (χ1n) is 8.40. The second-order valence-corrected chi connectivity index (χ2v) is 6.75. The minimum Gasteiger partial charge on any atom is -0.482 e. The molecule has 0 fully saturated rings. The molecule has 2 rings (SSSR count). The van der Waals surface area contributed by atoms with Gasteiger partial charge in [-0.05, 0) is 48.2 Å². The topological polar surface area (TPSA) is 64.6 Å². The second kappa shape index (κ2) is 9.37. The molecule has 0 radical (unpaired) electrons. The zero-order valence-corrected chi connectivity index (χ0v) is 16.1. The number of hydrogen-bond donors (Lipinski definition) is 1. The van der Waals surface area contributed by atoms with Crippen LogP contribution < -0.4 is 10.1 Å². The van der Waals surface area contributed by atoms with Gasteiger partial charge in [0, 0.05) is 5.02 Å². The molecule has 1 N–H and O–H groups in total. The molecule has 2 aromatic rings. The zero-order valence-electron chi connectivity index (χ0n) is 15.3. The number of rotatable bonds is 7. The highest BCUT2D eigenvalue weighted by Gasteiger charge is 2.13. The van der Waals surface area contributed by atoms with Crippen LogP contribution in [0, 0.1) is 12.7 Å². The molecular weight excluding hydrogens is 373 g/mol.